The van der Waals surface area contributed by atoms with E-state index < -0.39 is 5.97 Å². The maximum atomic E-state index is 12.3. The third kappa shape index (κ3) is 4.02. The van der Waals surface area contributed by atoms with Crippen LogP contribution >= 0.6 is 0 Å². The van der Waals surface area contributed by atoms with Gasteiger partial charge in [0, 0.05) is 11.6 Å². The first-order chi connectivity index (χ1) is 11.5. The standard InChI is InChI=1S/C20H23NO3/c1-4-14(5-2)19(22)21-17-11-6-13(3)18(12-17)15-7-9-16(10-8-15)20(23)24/h6-12,14H,4-5H2,1-3H3,(H,21,22)(H,23,24). The summed E-state index contributed by atoms with van der Waals surface area (Å²) in [5.41, 5.74) is 3.99. The van der Waals surface area contributed by atoms with Crippen LogP contribution < -0.4 is 5.32 Å². The van der Waals surface area contributed by atoms with Gasteiger partial charge >= 0.3 is 5.97 Å². The van der Waals surface area contributed by atoms with Crippen molar-refractivity contribution in [3.8, 4) is 11.1 Å². The Labute approximate surface area is 142 Å². The zero-order valence-electron chi connectivity index (χ0n) is 14.3. The molecule has 4 heteroatoms. The lowest BCUT2D eigenvalue weighted by atomic mass is 9.98. The van der Waals surface area contributed by atoms with Gasteiger partial charge in [-0.2, -0.15) is 0 Å². The summed E-state index contributed by atoms with van der Waals surface area (Å²) < 4.78 is 0. The first-order valence-electron chi connectivity index (χ1n) is 8.21. The lowest BCUT2D eigenvalue weighted by Crippen LogP contribution is -2.21. The van der Waals surface area contributed by atoms with Crippen molar-refractivity contribution in [3.63, 3.8) is 0 Å². The van der Waals surface area contributed by atoms with Crippen molar-refractivity contribution in [1.29, 1.82) is 0 Å². The highest BCUT2D eigenvalue weighted by Crippen LogP contribution is 2.27. The van der Waals surface area contributed by atoms with E-state index in [4.69, 9.17) is 5.11 Å². The molecule has 0 aliphatic rings. The number of hydrogen-bond acceptors (Lipinski definition) is 2. The molecule has 2 aromatic rings. The van der Waals surface area contributed by atoms with Gasteiger partial charge in [0.2, 0.25) is 5.91 Å². The van der Waals surface area contributed by atoms with Gasteiger partial charge < -0.3 is 10.4 Å². The Morgan fingerprint density at radius 1 is 1.04 bits per heavy atom. The summed E-state index contributed by atoms with van der Waals surface area (Å²) in [5, 5.41) is 12.0. The molecule has 0 atom stereocenters. The Morgan fingerprint density at radius 3 is 2.21 bits per heavy atom. The van der Waals surface area contributed by atoms with Crippen molar-refractivity contribution >= 4 is 17.6 Å². The molecule has 2 rings (SSSR count). The van der Waals surface area contributed by atoms with E-state index in [1.54, 1.807) is 24.3 Å². The van der Waals surface area contributed by atoms with Crippen molar-refractivity contribution in [3.05, 3.63) is 53.6 Å². The van der Waals surface area contributed by atoms with Gasteiger partial charge in [-0.1, -0.05) is 32.0 Å². The summed E-state index contributed by atoms with van der Waals surface area (Å²) in [6.07, 6.45) is 1.63. The molecule has 0 heterocycles. The maximum Gasteiger partial charge on any atom is 0.335 e. The van der Waals surface area contributed by atoms with Crippen LogP contribution in [0.15, 0.2) is 42.5 Å². The number of aromatic carboxylic acids is 1. The average molecular weight is 325 g/mol. The molecule has 1 amide bonds. The van der Waals surface area contributed by atoms with E-state index in [9.17, 15) is 9.59 Å². The minimum atomic E-state index is -0.940. The predicted molar refractivity (Wildman–Crippen MR) is 96.3 cm³/mol. The maximum absolute atomic E-state index is 12.3. The molecule has 0 aliphatic heterocycles. The minimum Gasteiger partial charge on any atom is -0.478 e. The van der Waals surface area contributed by atoms with E-state index in [2.05, 4.69) is 5.32 Å². The molecule has 0 saturated heterocycles. The quantitative estimate of drug-likeness (QED) is 0.806. The first kappa shape index (κ1) is 17.7. The Hall–Kier alpha value is -2.62. The summed E-state index contributed by atoms with van der Waals surface area (Å²) in [7, 11) is 0. The fourth-order valence-corrected chi connectivity index (χ4v) is 2.71. The summed E-state index contributed by atoms with van der Waals surface area (Å²) in [6, 6.07) is 12.6. The molecule has 0 aromatic heterocycles. The second kappa shape index (κ2) is 7.77. The van der Waals surface area contributed by atoms with Gasteiger partial charge in [-0.05, 0) is 60.7 Å². The molecule has 0 fully saturated rings. The molecule has 0 unspecified atom stereocenters. The zero-order valence-corrected chi connectivity index (χ0v) is 14.3. The normalized spacial score (nSPS) is 10.7. The number of carbonyl (C=O) groups is 2. The van der Waals surface area contributed by atoms with Gasteiger partial charge in [0.1, 0.15) is 0 Å². The van der Waals surface area contributed by atoms with Gasteiger partial charge in [0.25, 0.3) is 0 Å². The van der Waals surface area contributed by atoms with Gasteiger partial charge in [0.05, 0.1) is 5.56 Å². The van der Waals surface area contributed by atoms with Gasteiger partial charge in [0.15, 0.2) is 0 Å². The topological polar surface area (TPSA) is 66.4 Å². The summed E-state index contributed by atoms with van der Waals surface area (Å²) in [5.74, 6) is -0.884. The number of benzene rings is 2. The van der Waals surface area contributed by atoms with Crippen LogP contribution in [-0.2, 0) is 4.79 Å². The monoisotopic (exact) mass is 325 g/mol. The molecule has 0 bridgehead atoms. The number of hydrogen-bond donors (Lipinski definition) is 2. The van der Waals surface area contributed by atoms with E-state index in [0.717, 1.165) is 35.2 Å². The zero-order chi connectivity index (χ0) is 17.7. The Bertz CT molecular complexity index is 731. The fourth-order valence-electron chi connectivity index (χ4n) is 2.71. The molecule has 2 aromatic carbocycles. The Morgan fingerprint density at radius 2 is 1.67 bits per heavy atom. The highest BCUT2D eigenvalue weighted by molar-refractivity contribution is 5.93. The summed E-state index contributed by atoms with van der Waals surface area (Å²) >= 11 is 0. The lowest BCUT2D eigenvalue weighted by Gasteiger charge is -2.14. The fraction of sp³-hybridized carbons (Fsp3) is 0.300. The molecule has 0 aliphatic carbocycles. The van der Waals surface area contributed by atoms with Gasteiger partial charge in [-0.3, -0.25) is 4.79 Å². The van der Waals surface area contributed by atoms with Crippen molar-refractivity contribution < 1.29 is 14.7 Å². The predicted octanol–water partition coefficient (Wildman–Crippen LogP) is 4.73. The molecular weight excluding hydrogens is 302 g/mol. The number of anilines is 1. The molecular formula is C20H23NO3. The molecule has 126 valence electrons. The lowest BCUT2D eigenvalue weighted by molar-refractivity contribution is -0.120. The largest absolute Gasteiger partial charge is 0.478 e. The molecule has 0 saturated carbocycles. The number of carboxylic acid groups (broad SMARTS) is 1. The van der Waals surface area contributed by atoms with Crippen LogP contribution in [0.4, 0.5) is 5.69 Å². The number of nitrogens with one attached hydrogen (secondary N) is 1. The third-order valence-electron chi connectivity index (χ3n) is 4.30. The second-order valence-electron chi connectivity index (χ2n) is 5.91. The number of carboxylic acids is 1. The van der Waals surface area contributed by atoms with Gasteiger partial charge in [-0.25, -0.2) is 4.79 Å². The molecule has 2 N–H and O–H groups in total. The first-order valence-corrected chi connectivity index (χ1v) is 8.21. The Kier molecular flexibility index (Phi) is 5.74. The smallest absolute Gasteiger partial charge is 0.335 e. The van der Waals surface area contributed by atoms with E-state index in [-0.39, 0.29) is 17.4 Å². The van der Waals surface area contributed by atoms with Crippen LogP contribution in [-0.4, -0.2) is 17.0 Å². The van der Waals surface area contributed by atoms with Crippen LogP contribution in [0.1, 0.15) is 42.6 Å². The van der Waals surface area contributed by atoms with Crippen LogP contribution in [0.3, 0.4) is 0 Å². The van der Waals surface area contributed by atoms with Crippen LogP contribution in [0, 0.1) is 12.8 Å². The van der Waals surface area contributed by atoms with Crippen LogP contribution in [0.2, 0.25) is 0 Å². The molecule has 4 nitrogen and oxygen atoms in total. The Balaban J connectivity index is 2.28. The second-order valence-corrected chi connectivity index (χ2v) is 5.91. The van der Waals surface area contributed by atoms with Gasteiger partial charge in [-0.15, -0.1) is 0 Å². The van der Waals surface area contributed by atoms with Crippen molar-refractivity contribution in [2.75, 3.05) is 5.32 Å². The highest BCUT2D eigenvalue weighted by atomic mass is 16.4. The summed E-state index contributed by atoms with van der Waals surface area (Å²) in [6.45, 7) is 6.02. The number of amides is 1. The van der Waals surface area contributed by atoms with Crippen molar-refractivity contribution in [2.45, 2.75) is 33.6 Å². The van der Waals surface area contributed by atoms with Crippen molar-refractivity contribution in [2.24, 2.45) is 5.92 Å². The highest BCUT2D eigenvalue weighted by Gasteiger charge is 2.14. The molecule has 0 radical (unpaired) electrons. The van der Waals surface area contributed by atoms with Crippen LogP contribution in [0.5, 0.6) is 0 Å². The summed E-state index contributed by atoms with van der Waals surface area (Å²) in [4.78, 5) is 23.2. The van der Waals surface area contributed by atoms with Crippen LogP contribution in [0.25, 0.3) is 11.1 Å². The number of aryl methyl sites for hydroxylation is 1. The van der Waals surface area contributed by atoms with Crippen molar-refractivity contribution in [1.82, 2.24) is 0 Å². The van der Waals surface area contributed by atoms with E-state index in [1.165, 1.54) is 0 Å². The number of rotatable bonds is 6. The van der Waals surface area contributed by atoms with E-state index >= 15 is 0 Å². The van der Waals surface area contributed by atoms with E-state index in [0.29, 0.717) is 0 Å². The third-order valence-corrected chi connectivity index (χ3v) is 4.30. The average Bonchev–Trinajstić information content (AvgIpc) is 2.58. The molecule has 0 spiro atoms. The molecule has 24 heavy (non-hydrogen) atoms. The number of carbonyl (C=O) groups excluding carboxylic acids is 1. The SMILES string of the molecule is CCC(CC)C(=O)Nc1ccc(C)c(-c2ccc(C(=O)O)cc2)c1. The van der Waals surface area contributed by atoms with E-state index in [1.807, 2.05) is 39.0 Å². The minimum absolute atomic E-state index is 0.0182.